The number of allylic oxidation sites excluding steroid dienone is 1. The van der Waals surface area contributed by atoms with Crippen molar-refractivity contribution >= 4 is 17.6 Å². The van der Waals surface area contributed by atoms with Gasteiger partial charge in [0.15, 0.2) is 0 Å². The molecule has 0 aromatic heterocycles. The van der Waals surface area contributed by atoms with Crippen LogP contribution in [-0.4, -0.2) is 11.1 Å². The summed E-state index contributed by atoms with van der Waals surface area (Å²) in [6.45, 7) is 3.69. The van der Waals surface area contributed by atoms with E-state index in [4.69, 9.17) is 16.7 Å². The molecule has 1 aliphatic rings. The minimum atomic E-state index is -0.701. The largest absolute Gasteiger partial charge is 0.481 e. The lowest BCUT2D eigenvalue weighted by Crippen LogP contribution is -2.30. The molecule has 0 bridgehead atoms. The van der Waals surface area contributed by atoms with Gasteiger partial charge in [-0.15, -0.1) is 0 Å². The quantitative estimate of drug-likeness (QED) is 0.761. The van der Waals surface area contributed by atoms with E-state index in [1.54, 1.807) is 0 Å². The van der Waals surface area contributed by atoms with Gasteiger partial charge in [-0.05, 0) is 39.0 Å². The van der Waals surface area contributed by atoms with Gasteiger partial charge in [-0.3, -0.25) is 4.79 Å². The Hall–Kier alpha value is -0.500. The maximum absolute atomic E-state index is 11.1. The van der Waals surface area contributed by atoms with Crippen LogP contribution in [0.25, 0.3) is 0 Å². The molecular formula is C10H15ClO2. The van der Waals surface area contributed by atoms with Gasteiger partial charge in [-0.25, -0.2) is 0 Å². The highest BCUT2D eigenvalue weighted by Crippen LogP contribution is 2.49. The summed E-state index contributed by atoms with van der Waals surface area (Å²) in [5.41, 5.74) is 1.82. The van der Waals surface area contributed by atoms with Crippen LogP contribution >= 0.6 is 11.6 Å². The predicted octanol–water partition coefficient (Wildman–Crippen LogP) is 3.02. The second-order valence-electron chi connectivity index (χ2n) is 4.13. The van der Waals surface area contributed by atoms with E-state index in [-0.39, 0.29) is 0 Å². The molecular weight excluding hydrogens is 188 g/mol. The molecule has 0 heterocycles. The Kier molecular flexibility index (Phi) is 3.01. The van der Waals surface area contributed by atoms with E-state index in [0.29, 0.717) is 12.3 Å². The van der Waals surface area contributed by atoms with Gasteiger partial charge in [-0.2, -0.15) is 0 Å². The maximum Gasteiger partial charge on any atom is 0.309 e. The highest BCUT2D eigenvalue weighted by molar-refractivity contribution is 6.25. The van der Waals surface area contributed by atoms with Crippen molar-refractivity contribution in [2.45, 2.75) is 33.1 Å². The van der Waals surface area contributed by atoms with Crippen molar-refractivity contribution in [1.29, 1.82) is 0 Å². The zero-order valence-electron chi connectivity index (χ0n) is 8.01. The lowest BCUT2D eigenvalue weighted by Gasteiger charge is -2.24. The zero-order chi connectivity index (χ0) is 10.1. The third-order valence-electron chi connectivity index (χ3n) is 2.80. The molecule has 0 amide bonds. The van der Waals surface area contributed by atoms with E-state index in [9.17, 15) is 4.79 Å². The van der Waals surface area contributed by atoms with E-state index >= 15 is 0 Å². The first-order valence-corrected chi connectivity index (χ1v) is 4.93. The molecule has 0 aromatic rings. The molecule has 1 N–H and O–H groups in total. The van der Waals surface area contributed by atoms with E-state index in [1.165, 1.54) is 5.54 Å². The molecule has 0 saturated heterocycles. The molecule has 1 atom stereocenters. The second-order valence-corrected chi connectivity index (χ2v) is 4.35. The predicted molar refractivity (Wildman–Crippen MR) is 52.7 cm³/mol. The first kappa shape index (κ1) is 10.6. The number of carbonyl (C=O) groups is 1. The van der Waals surface area contributed by atoms with E-state index in [1.807, 2.05) is 13.8 Å². The molecule has 1 saturated carbocycles. The highest BCUT2D eigenvalue weighted by atomic mass is 35.5. The van der Waals surface area contributed by atoms with Crippen molar-refractivity contribution in [2.24, 2.45) is 11.3 Å². The molecule has 13 heavy (non-hydrogen) atoms. The van der Waals surface area contributed by atoms with Crippen LogP contribution in [0.2, 0.25) is 0 Å². The first-order valence-electron chi connectivity index (χ1n) is 4.50. The number of hydrogen-bond donors (Lipinski definition) is 1. The highest BCUT2D eigenvalue weighted by Gasteiger charge is 2.47. The number of hydrogen-bond acceptors (Lipinski definition) is 1. The zero-order valence-corrected chi connectivity index (χ0v) is 8.77. The minimum Gasteiger partial charge on any atom is -0.481 e. The van der Waals surface area contributed by atoms with Crippen LogP contribution in [0.3, 0.4) is 0 Å². The van der Waals surface area contributed by atoms with Crippen molar-refractivity contribution in [3.63, 3.8) is 0 Å². The van der Waals surface area contributed by atoms with Crippen LogP contribution in [0, 0.1) is 11.3 Å². The van der Waals surface area contributed by atoms with Crippen molar-refractivity contribution in [2.75, 3.05) is 0 Å². The molecule has 1 fully saturated rings. The summed E-state index contributed by atoms with van der Waals surface area (Å²) in [6.07, 6.45) is 2.65. The maximum atomic E-state index is 11.1. The van der Waals surface area contributed by atoms with Crippen LogP contribution in [0.15, 0.2) is 11.1 Å². The molecule has 1 rings (SSSR count). The minimum absolute atomic E-state index is 0.344. The third kappa shape index (κ3) is 2.25. The average molecular weight is 203 g/mol. The Labute approximate surface area is 83.6 Å². The van der Waals surface area contributed by atoms with Gasteiger partial charge in [0.1, 0.15) is 0 Å². The standard InChI is InChI=1S/C10H15ClO2/c1-7(6-11)5-10(2,9(12)13)8-3-4-8/h6,8H,3-5H2,1-2H3,(H,12,13). The summed E-state index contributed by atoms with van der Waals surface area (Å²) in [5.74, 6) is -0.357. The van der Waals surface area contributed by atoms with Gasteiger partial charge < -0.3 is 5.11 Å². The number of carboxylic acids is 1. The Morgan fingerprint density at radius 3 is 2.54 bits per heavy atom. The van der Waals surface area contributed by atoms with Crippen molar-refractivity contribution in [3.05, 3.63) is 11.1 Å². The fourth-order valence-corrected chi connectivity index (χ4v) is 1.81. The van der Waals surface area contributed by atoms with Crippen molar-refractivity contribution < 1.29 is 9.90 Å². The fourth-order valence-electron chi connectivity index (χ4n) is 1.73. The Balaban J connectivity index is 2.73. The van der Waals surface area contributed by atoms with Crippen LogP contribution in [0.5, 0.6) is 0 Å². The number of carboxylic acid groups (broad SMARTS) is 1. The van der Waals surface area contributed by atoms with Gasteiger partial charge >= 0.3 is 5.97 Å². The van der Waals surface area contributed by atoms with E-state index in [0.717, 1.165) is 18.4 Å². The summed E-state index contributed by atoms with van der Waals surface area (Å²) in [7, 11) is 0. The Morgan fingerprint density at radius 1 is 1.69 bits per heavy atom. The van der Waals surface area contributed by atoms with Crippen LogP contribution in [-0.2, 0) is 4.79 Å². The summed E-state index contributed by atoms with van der Waals surface area (Å²) >= 11 is 5.53. The Morgan fingerprint density at radius 2 is 2.23 bits per heavy atom. The van der Waals surface area contributed by atoms with Crippen molar-refractivity contribution in [3.8, 4) is 0 Å². The molecule has 2 nitrogen and oxygen atoms in total. The lowest BCUT2D eigenvalue weighted by molar-refractivity contribution is -0.149. The first-order chi connectivity index (χ1) is 6.00. The number of aliphatic carboxylic acids is 1. The summed E-state index contributed by atoms with van der Waals surface area (Å²) < 4.78 is 0. The van der Waals surface area contributed by atoms with Crippen molar-refractivity contribution in [1.82, 2.24) is 0 Å². The summed E-state index contributed by atoms with van der Waals surface area (Å²) in [4.78, 5) is 11.1. The van der Waals surface area contributed by atoms with Gasteiger partial charge in [0, 0.05) is 5.54 Å². The molecule has 1 unspecified atom stereocenters. The SMILES string of the molecule is CC(=CCl)CC(C)(C(=O)O)C1CC1. The topological polar surface area (TPSA) is 37.3 Å². The number of halogens is 1. The second kappa shape index (κ2) is 3.70. The van der Waals surface area contributed by atoms with Crippen LogP contribution < -0.4 is 0 Å². The molecule has 3 heteroatoms. The Bertz CT molecular complexity index is 243. The third-order valence-corrected chi connectivity index (χ3v) is 3.17. The molecule has 1 aliphatic carbocycles. The molecule has 0 aromatic carbocycles. The lowest BCUT2D eigenvalue weighted by atomic mass is 9.79. The van der Waals surface area contributed by atoms with E-state index in [2.05, 4.69) is 0 Å². The smallest absolute Gasteiger partial charge is 0.309 e. The van der Waals surface area contributed by atoms with Gasteiger partial charge in [0.25, 0.3) is 0 Å². The van der Waals surface area contributed by atoms with Crippen LogP contribution in [0.1, 0.15) is 33.1 Å². The van der Waals surface area contributed by atoms with Crippen LogP contribution in [0.4, 0.5) is 0 Å². The fraction of sp³-hybridized carbons (Fsp3) is 0.700. The molecule has 0 spiro atoms. The van der Waals surface area contributed by atoms with Gasteiger partial charge in [0.05, 0.1) is 5.41 Å². The number of rotatable bonds is 4. The average Bonchev–Trinajstić information content (AvgIpc) is 2.85. The monoisotopic (exact) mass is 202 g/mol. The van der Waals surface area contributed by atoms with Gasteiger partial charge in [-0.1, -0.05) is 17.2 Å². The molecule has 0 radical (unpaired) electrons. The summed E-state index contributed by atoms with van der Waals surface area (Å²) in [6, 6.07) is 0. The normalized spacial score (nSPS) is 22.5. The van der Waals surface area contributed by atoms with Gasteiger partial charge in [0.2, 0.25) is 0 Å². The summed E-state index contributed by atoms with van der Waals surface area (Å²) in [5, 5.41) is 9.12. The molecule has 0 aliphatic heterocycles. The molecule has 74 valence electrons. The van der Waals surface area contributed by atoms with E-state index < -0.39 is 11.4 Å².